The highest BCUT2D eigenvalue weighted by molar-refractivity contribution is 6.30. The van der Waals surface area contributed by atoms with E-state index in [2.05, 4.69) is 17.1 Å². The maximum Gasteiger partial charge on any atom is 0.222 e. The van der Waals surface area contributed by atoms with Crippen LogP contribution < -0.4 is 5.32 Å². The molecule has 2 rings (SSSR count). The van der Waals surface area contributed by atoms with Crippen molar-refractivity contribution in [3.63, 3.8) is 0 Å². The Morgan fingerprint density at radius 2 is 2.10 bits per heavy atom. The van der Waals surface area contributed by atoms with Crippen molar-refractivity contribution in [1.82, 2.24) is 10.2 Å². The molecule has 1 aliphatic heterocycles. The fourth-order valence-corrected chi connectivity index (χ4v) is 2.87. The zero-order valence-corrected chi connectivity index (χ0v) is 12.8. The molecule has 1 saturated heterocycles. The summed E-state index contributed by atoms with van der Waals surface area (Å²) in [6.07, 6.45) is 3.67. The normalized spacial score (nSPS) is 18.8. The Labute approximate surface area is 126 Å². The number of carbonyl (C=O) groups excluding carboxylic acids is 1. The van der Waals surface area contributed by atoms with Gasteiger partial charge in [-0.05, 0) is 50.0 Å². The molecule has 1 heterocycles. The largest absolute Gasteiger partial charge is 0.339 e. The second-order valence-electron chi connectivity index (χ2n) is 5.30. The van der Waals surface area contributed by atoms with Gasteiger partial charge in [-0.2, -0.15) is 0 Å². The Bertz CT molecular complexity index is 433. The van der Waals surface area contributed by atoms with Crippen molar-refractivity contribution in [2.24, 2.45) is 0 Å². The average molecular weight is 295 g/mol. The zero-order valence-electron chi connectivity index (χ0n) is 12.1. The highest BCUT2D eigenvalue weighted by atomic mass is 35.5. The van der Waals surface area contributed by atoms with Crippen molar-refractivity contribution in [3.8, 4) is 0 Å². The topological polar surface area (TPSA) is 32.3 Å². The first-order chi connectivity index (χ1) is 9.70. The number of halogens is 1. The third-order valence-electron chi connectivity index (χ3n) is 3.91. The lowest BCUT2D eigenvalue weighted by Crippen LogP contribution is -2.36. The highest BCUT2D eigenvalue weighted by Crippen LogP contribution is 2.21. The maximum absolute atomic E-state index is 12.0. The molecule has 4 heteroatoms. The SMILES string of the molecule is CCNCCC1CCC(=O)N1CCc1ccc(Cl)cc1. The van der Waals surface area contributed by atoms with Crippen molar-refractivity contribution in [2.75, 3.05) is 19.6 Å². The standard InChI is InChI=1S/C16H23ClN2O/c1-2-18-11-9-15-7-8-16(20)19(15)12-10-13-3-5-14(17)6-4-13/h3-6,15,18H,2,7-12H2,1H3. The molecule has 0 radical (unpaired) electrons. The van der Waals surface area contributed by atoms with Gasteiger partial charge in [-0.3, -0.25) is 4.79 Å². The zero-order chi connectivity index (χ0) is 14.4. The molecule has 110 valence electrons. The van der Waals surface area contributed by atoms with Gasteiger partial charge < -0.3 is 10.2 Å². The number of rotatable bonds is 7. The van der Waals surface area contributed by atoms with E-state index in [1.165, 1.54) is 5.56 Å². The molecule has 1 amide bonds. The van der Waals surface area contributed by atoms with E-state index < -0.39 is 0 Å². The number of benzene rings is 1. The van der Waals surface area contributed by atoms with Crippen LogP contribution in [0.15, 0.2) is 24.3 Å². The molecular weight excluding hydrogens is 272 g/mol. The van der Waals surface area contributed by atoms with Crippen LogP contribution in [0, 0.1) is 0 Å². The van der Waals surface area contributed by atoms with E-state index in [1.807, 2.05) is 24.3 Å². The molecule has 0 bridgehead atoms. The van der Waals surface area contributed by atoms with Gasteiger partial charge in [0.05, 0.1) is 0 Å². The summed E-state index contributed by atoms with van der Waals surface area (Å²) in [5.41, 5.74) is 1.24. The molecule has 0 saturated carbocycles. The number of carbonyl (C=O) groups is 1. The molecular formula is C16H23ClN2O. The van der Waals surface area contributed by atoms with Crippen LogP contribution in [-0.2, 0) is 11.2 Å². The summed E-state index contributed by atoms with van der Waals surface area (Å²) in [5, 5.41) is 4.10. The molecule has 1 unspecified atom stereocenters. The first-order valence-corrected chi connectivity index (χ1v) is 7.83. The summed E-state index contributed by atoms with van der Waals surface area (Å²) in [7, 11) is 0. The Kier molecular flexibility index (Phi) is 5.86. The van der Waals surface area contributed by atoms with Gasteiger partial charge in [0.2, 0.25) is 5.91 Å². The quantitative estimate of drug-likeness (QED) is 0.784. The summed E-state index contributed by atoms with van der Waals surface area (Å²) in [4.78, 5) is 14.0. The van der Waals surface area contributed by atoms with Gasteiger partial charge in [0.1, 0.15) is 0 Å². The van der Waals surface area contributed by atoms with E-state index in [-0.39, 0.29) is 0 Å². The van der Waals surface area contributed by atoms with Gasteiger partial charge in [-0.1, -0.05) is 30.7 Å². The van der Waals surface area contributed by atoms with Gasteiger partial charge in [-0.15, -0.1) is 0 Å². The minimum Gasteiger partial charge on any atom is -0.339 e. The predicted molar refractivity (Wildman–Crippen MR) is 83.1 cm³/mol. The Morgan fingerprint density at radius 1 is 1.35 bits per heavy atom. The minimum absolute atomic E-state index is 0.306. The Morgan fingerprint density at radius 3 is 2.80 bits per heavy atom. The smallest absolute Gasteiger partial charge is 0.222 e. The van der Waals surface area contributed by atoms with Gasteiger partial charge in [0.25, 0.3) is 0 Å². The van der Waals surface area contributed by atoms with Crippen LogP contribution in [0.2, 0.25) is 5.02 Å². The molecule has 0 spiro atoms. The van der Waals surface area contributed by atoms with E-state index in [9.17, 15) is 4.79 Å². The lowest BCUT2D eigenvalue weighted by molar-refractivity contribution is -0.128. The summed E-state index contributed by atoms with van der Waals surface area (Å²) in [6.45, 7) is 4.91. The molecule has 0 aromatic heterocycles. The minimum atomic E-state index is 0.306. The van der Waals surface area contributed by atoms with Crippen LogP contribution in [0.4, 0.5) is 0 Å². The Balaban J connectivity index is 1.85. The third kappa shape index (κ3) is 4.22. The van der Waals surface area contributed by atoms with Crippen LogP contribution in [0.5, 0.6) is 0 Å². The number of likely N-dealkylation sites (tertiary alicyclic amines) is 1. The highest BCUT2D eigenvalue weighted by Gasteiger charge is 2.29. The number of amides is 1. The summed E-state index contributed by atoms with van der Waals surface area (Å²) in [6, 6.07) is 8.30. The van der Waals surface area contributed by atoms with Gasteiger partial charge in [0, 0.05) is 24.0 Å². The lowest BCUT2D eigenvalue weighted by Gasteiger charge is -2.25. The van der Waals surface area contributed by atoms with Crippen molar-refractivity contribution in [1.29, 1.82) is 0 Å². The molecule has 3 nitrogen and oxygen atoms in total. The molecule has 0 aliphatic carbocycles. The Hall–Kier alpha value is -1.06. The molecule has 1 aliphatic rings. The maximum atomic E-state index is 12.0. The van der Waals surface area contributed by atoms with Crippen LogP contribution in [-0.4, -0.2) is 36.5 Å². The fraction of sp³-hybridized carbons (Fsp3) is 0.562. The van der Waals surface area contributed by atoms with Gasteiger partial charge in [-0.25, -0.2) is 0 Å². The predicted octanol–water partition coefficient (Wildman–Crippen LogP) is 2.87. The lowest BCUT2D eigenvalue weighted by atomic mass is 10.1. The summed E-state index contributed by atoms with van der Waals surface area (Å²) in [5.74, 6) is 0.306. The van der Waals surface area contributed by atoms with Crippen molar-refractivity contribution in [3.05, 3.63) is 34.9 Å². The van der Waals surface area contributed by atoms with Crippen molar-refractivity contribution < 1.29 is 4.79 Å². The number of hydrogen-bond donors (Lipinski definition) is 1. The second-order valence-corrected chi connectivity index (χ2v) is 5.73. The molecule has 1 aromatic rings. The van der Waals surface area contributed by atoms with E-state index in [4.69, 9.17) is 11.6 Å². The number of nitrogens with one attached hydrogen (secondary N) is 1. The second kappa shape index (κ2) is 7.65. The van der Waals surface area contributed by atoms with Crippen LogP contribution in [0.3, 0.4) is 0 Å². The fourth-order valence-electron chi connectivity index (χ4n) is 2.75. The molecule has 1 N–H and O–H groups in total. The first-order valence-electron chi connectivity index (χ1n) is 7.45. The van der Waals surface area contributed by atoms with Crippen LogP contribution in [0.25, 0.3) is 0 Å². The molecule has 20 heavy (non-hydrogen) atoms. The van der Waals surface area contributed by atoms with E-state index >= 15 is 0 Å². The van der Waals surface area contributed by atoms with E-state index in [0.29, 0.717) is 18.4 Å². The van der Waals surface area contributed by atoms with Gasteiger partial charge in [0.15, 0.2) is 0 Å². The van der Waals surface area contributed by atoms with Crippen molar-refractivity contribution >= 4 is 17.5 Å². The summed E-state index contributed by atoms with van der Waals surface area (Å²) >= 11 is 5.88. The average Bonchev–Trinajstić information content (AvgIpc) is 2.79. The van der Waals surface area contributed by atoms with Crippen LogP contribution in [0.1, 0.15) is 31.7 Å². The molecule has 1 aromatic carbocycles. The van der Waals surface area contributed by atoms with E-state index in [1.54, 1.807) is 0 Å². The molecule has 1 atom stereocenters. The third-order valence-corrected chi connectivity index (χ3v) is 4.16. The van der Waals surface area contributed by atoms with E-state index in [0.717, 1.165) is 43.9 Å². The molecule has 1 fully saturated rings. The first kappa shape index (κ1) is 15.3. The number of nitrogens with zero attached hydrogens (tertiary/aromatic N) is 1. The number of hydrogen-bond acceptors (Lipinski definition) is 2. The monoisotopic (exact) mass is 294 g/mol. The van der Waals surface area contributed by atoms with Crippen molar-refractivity contribution in [2.45, 2.75) is 38.6 Å². The van der Waals surface area contributed by atoms with Gasteiger partial charge >= 0.3 is 0 Å². The summed E-state index contributed by atoms with van der Waals surface area (Å²) < 4.78 is 0. The van der Waals surface area contributed by atoms with Crippen LogP contribution >= 0.6 is 11.6 Å².